The normalized spacial score (nSPS) is 11.5. The Hall–Kier alpha value is -1.02. The molecule has 0 radical (unpaired) electrons. The van der Waals surface area contributed by atoms with Crippen molar-refractivity contribution >= 4 is 17.5 Å². The monoisotopic (exact) mass is 234 g/mol. The average Bonchev–Trinajstić information content (AvgIpc) is 2.28. The Labute approximate surface area is 102 Å². The van der Waals surface area contributed by atoms with Crippen LogP contribution in [0.4, 0.5) is 0 Å². The van der Waals surface area contributed by atoms with E-state index < -0.39 is 0 Å². The molecule has 0 amide bonds. The van der Waals surface area contributed by atoms with Crippen LogP contribution in [0.2, 0.25) is 0 Å². The predicted molar refractivity (Wildman–Crippen MR) is 70.6 cm³/mol. The quantitative estimate of drug-likeness (QED) is 0.677. The van der Waals surface area contributed by atoms with E-state index in [1.807, 2.05) is 32.0 Å². The Bertz CT molecular complexity index is 354. The van der Waals surface area contributed by atoms with Crippen molar-refractivity contribution in [1.29, 1.82) is 0 Å². The predicted octanol–water partition coefficient (Wildman–Crippen LogP) is 4.44. The summed E-state index contributed by atoms with van der Waals surface area (Å²) in [6, 6.07) is 10.2. The molecule has 0 aromatic heterocycles. The summed E-state index contributed by atoms with van der Waals surface area (Å²) in [7, 11) is 0. The number of allylic oxidation sites excluding steroid dienone is 1. The molecule has 1 aromatic carbocycles. The van der Waals surface area contributed by atoms with Crippen molar-refractivity contribution in [2.24, 2.45) is 0 Å². The fourth-order valence-corrected chi connectivity index (χ4v) is 2.12. The van der Waals surface area contributed by atoms with Gasteiger partial charge in [-0.2, -0.15) is 0 Å². The van der Waals surface area contributed by atoms with Gasteiger partial charge in [-0.25, -0.2) is 0 Å². The second-order valence-corrected chi connectivity index (χ2v) is 4.80. The molecule has 0 aliphatic heterocycles. The summed E-state index contributed by atoms with van der Waals surface area (Å²) in [5, 5.41) is 2.07. The van der Waals surface area contributed by atoms with Crippen LogP contribution in [0.25, 0.3) is 0 Å². The van der Waals surface area contributed by atoms with E-state index in [2.05, 4.69) is 17.5 Å². The molecule has 0 bridgehead atoms. The fraction of sp³-hybridized carbons (Fsp3) is 0.357. The van der Waals surface area contributed by atoms with E-state index >= 15 is 0 Å². The van der Waals surface area contributed by atoms with Gasteiger partial charge in [0.2, 0.25) is 0 Å². The van der Waals surface area contributed by atoms with Crippen LogP contribution in [-0.2, 0) is 4.79 Å². The molecular weight excluding hydrogens is 216 g/mol. The minimum Gasteiger partial charge on any atom is -0.299 e. The highest BCUT2D eigenvalue weighted by atomic mass is 32.2. The Balaban J connectivity index is 2.42. The van der Waals surface area contributed by atoms with Crippen molar-refractivity contribution in [2.45, 2.75) is 38.0 Å². The maximum atomic E-state index is 11.4. The molecule has 16 heavy (non-hydrogen) atoms. The molecule has 2 heteroatoms. The third kappa shape index (κ3) is 5.17. The van der Waals surface area contributed by atoms with Crippen molar-refractivity contribution in [3.05, 3.63) is 41.3 Å². The first-order valence-corrected chi connectivity index (χ1v) is 6.49. The maximum Gasteiger partial charge on any atom is 0.136 e. The van der Waals surface area contributed by atoms with Crippen molar-refractivity contribution in [1.82, 2.24) is 0 Å². The number of rotatable bonds is 6. The summed E-state index contributed by atoms with van der Waals surface area (Å²) in [6.45, 7) is 4.05. The van der Waals surface area contributed by atoms with Crippen LogP contribution >= 0.6 is 11.8 Å². The first kappa shape index (κ1) is 13.0. The Morgan fingerprint density at radius 2 is 2.00 bits per heavy atom. The van der Waals surface area contributed by atoms with Crippen LogP contribution in [0.15, 0.2) is 46.2 Å². The second kappa shape index (κ2) is 7.29. The SMILES string of the molecule is CCCC(=O)C/C(C)=C/Sc1ccccc1. The molecule has 0 unspecified atom stereocenters. The molecule has 86 valence electrons. The van der Waals surface area contributed by atoms with Crippen molar-refractivity contribution in [2.75, 3.05) is 0 Å². The van der Waals surface area contributed by atoms with E-state index in [4.69, 9.17) is 0 Å². The number of carbonyl (C=O) groups excluding carboxylic acids is 1. The zero-order valence-electron chi connectivity index (χ0n) is 9.90. The van der Waals surface area contributed by atoms with Crippen LogP contribution in [0.3, 0.4) is 0 Å². The van der Waals surface area contributed by atoms with Crippen LogP contribution < -0.4 is 0 Å². The molecule has 0 aliphatic rings. The summed E-state index contributed by atoms with van der Waals surface area (Å²) in [6.07, 6.45) is 2.23. The largest absolute Gasteiger partial charge is 0.299 e. The van der Waals surface area contributed by atoms with Crippen LogP contribution in [0.1, 0.15) is 33.1 Å². The standard InChI is InChI=1S/C14H18OS/c1-3-7-13(15)10-12(2)11-16-14-8-5-4-6-9-14/h4-6,8-9,11H,3,7,10H2,1-2H3/b12-11+. The molecule has 0 heterocycles. The van der Waals surface area contributed by atoms with Gasteiger partial charge in [-0.15, -0.1) is 0 Å². The zero-order valence-corrected chi connectivity index (χ0v) is 10.7. The van der Waals surface area contributed by atoms with E-state index in [0.29, 0.717) is 18.6 Å². The van der Waals surface area contributed by atoms with Crippen LogP contribution in [0.5, 0.6) is 0 Å². The van der Waals surface area contributed by atoms with Gasteiger partial charge < -0.3 is 0 Å². The minimum atomic E-state index is 0.338. The number of carbonyl (C=O) groups is 1. The molecule has 0 N–H and O–H groups in total. The van der Waals surface area contributed by atoms with E-state index in [9.17, 15) is 4.79 Å². The number of benzene rings is 1. The van der Waals surface area contributed by atoms with Gasteiger partial charge in [0, 0.05) is 17.7 Å². The average molecular weight is 234 g/mol. The van der Waals surface area contributed by atoms with E-state index in [-0.39, 0.29) is 0 Å². The van der Waals surface area contributed by atoms with Gasteiger partial charge >= 0.3 is 0 Å². The topological polar surface area (TPSA) is 17.1 Å². The molecule has 1 aromatic rings. The highest BCUT2D eigenvalue weighted by Crippen LogP contribution is 2.21. The summed E-state index contributed by atoms with van der Waals surface area (Å²) >= 11 is 1.67. The maximum absolute atomic E-state index is 11.4. The molecule has 0 fully saturated rings. The van der Waals surface area contributed by atoms with Crippen molar-refractivity contribution < 1.29 is 4.79 Å². The molecule has 1 rings (SSSR count). The molecule has 0 aliphatic carbocycles. The van der Waals surface area contributed by atoms with Crippen LogP contribution in [0, 0.1) is 0 Å². The first-order chi connectivity index (χ1) is 7.72. The minimum absolute atomic E-state index is 0.338. The lowest BCUT2D eigenvalue weighted by molar-refractivity contribution is -0.118. The fourth-order valence-electron chi connectivity index (χ4n) is 1.39. The lowest BCUT2D eigenvalue weighted by Gasteiger charge is -2.00. The molecule has 0 spiro atoms. The van der Waals surface area contributed by atoms with Gasteiger partial charge in [0.15, 0.2) is 0 Å². The lowest BCUT2D eigenvalue weighted by atomic mass is 10.1. The second-order valence-electron chi connectivity index (χ2n) is 3.86. The Morgan fingerprint density at radius 3 is 2.62 bits per heavy atom. The van der Waals surface area contributed by atoms with Gasteiger partial charge in [0.1, 0.15) is 5.78 Å². The number of Topliss-reactive ketones (excluding diaryl/α,β-unsaturated/α-hetero) is 1. The smallest absolute Gasteiger partial charge is 0.136 e. The third-order valence-corrected chi connectivity index (χ3v) is 3.21. The first-order valence-electron chi connectivity index (χ1n) is 5.61. The van der Waals surface area contributed by atoms with E-state index in [0.717, 1.165) is 12.0 Å². The van der Waals surface area contributed by atoms with Crippen molar-refractivity contribution in [3.63, 3.8) is 0 Å². The zero-order chi connectivity index (χ0) is 11.8. The lowest BCUT2D eigenvalue weighted by Crippen LogP contribution is -1.96. The molecular formula is C14H18OS. The Morgan fingerprint density at radius 1 is 1.31 bits per heavy atom. The molecule has 0 atom stereocenters. The van der Waals surface area contributed by atoms with Gasteiger partial charge in [-0.1, -0.05) is 42.5 Å². The summed E-state index contributed by atoms with van der Waals surface area (Å²) in [5.41, 5.74) is 1.15. The third-order valence-electron chi connectivity index (χ3n) is 2.14. The molecule has 0 saturated carbocycles. The summed E-state index contributed by atoms with van der Waals surface area (Å²) < 4.78 is 0. The summed E-state index contributed by atoms with van der Waals surface area (Å²) in [4.78, 5) is 12.6. The van der Waals surface area contributed by atoms with Gasteiger partial charge in [0.25, 0.3) is 0 Å². The number of hydrogen-bond donors (Lipinski definition) is 0. The molecule has 0 saturated heterocycles. The summed E-state index contributed by atoms with van der Waals surface area (Å²) in [5.74, 6) is 0.338. The van der Waals surface area contributed by atoms with E-state index in [1.54, 1.807) is 11.8 Å². The molecule has 1 nitrogen and oxygen atoms in total. The number of thioether (sulfide) groups is 1. The van der Waals surface area contributed by atoms with Gasteiger partial charge in [-0.05, 0) is 30.9 Å². The Kier molecular flexibility index (Phi) is 5.94. The van der Waals surface area contributed by atoms with Gasteiger partial charge in [-0.3, -0.25) is 4.79 Å². The van der Waals surface area contributed by atoms with Crippen molar-refractivity contribution in [3.8, 4) is 0 Å². The van der Waals surface area contributed by atoms with Gasteiger partial charge in [0.05, 0.1) is 0 Å². The number of hydrogen-bond acceptors (Lipinski definition) is 2. The highest BCUT2D eigenvalue weighted by molar-refractivity contribution is 8.02. The van der Waals surface area contributed by atoms with Crippen LogP contribution in [-0.4, -0.2) is 5.78 Å². The number of ketones is 1. The highest BCUT2D eigenvalue weighted by Gasteiger charge is 2.01. The van der Waals surface area contributed by atoms with E-state index in [1.165, 1.54) is 4.90 Å².